The molecule has 0 radical (unpaired) electrons. The van der Waals surface area contributed by atoms with E-state index in [0.717, 1.165) is 16.7 Å². The van der Waals surface area contributed by atoms with Crippen molar-refractivity contribution in [3.8, 4) is 0 Å². The van der Waals surface area contributed by atoms with Crippen LogP contribution in [0.5, 0.6) is 0 Å². The van der Waals surface area contributed by atoms with Crippen LogP contribution in [-0.4, -0.2) is 14.3 Å². The molecule has 1 amide bonds. The standard InChI is InChI=1S/C23H24N2O3S/c1-16-6-4-8-19(12-16)14-23(26)24-20-11-10-18(3)22(15-20)29(27,28)25-21-9-5-7-17(2)13-21/h4-13,15,25H,14H2,1-3H3,(H,24,26). The molecular weight excluding hydrogens is 384 g/mol. The Bertz CT molecular complexity index is 1150. The zero-order valence-corrected chi connectivity index (χ0v) is 17.5. The second-order valence-electron chi connectivity index (χ2n) is 7.17. The van der Waals surface area contributed by atoms with E-state index in [1.54, 1.807) is 37.3 Å². The number of hydrogen-bond donors (Lipinski definition) is 2. The Kier molecular flexibility index (Phi) is 6.03. The average Bonchev–Trinajstić information content (AvgIpc) is 2.63. The molecule has 29 heavy (non-hydrogen) atoms. The normalized spacial score (nSPS) is 11.1. The molecule has 3 rings (SSSR count). The molecule has 5 nitrogen and oxygen atoms in total. The summed E-state index contributed by atoms with van der Waals surface area (Å²) in [4.78, 5) is 12.5. The number of rotatable bonds is 6. The van der Waals surface area contributed by atoms with Crippen LogP contribution in [0.3, 0.4) is 0 Å². The number of carbonyl (C=O) groups excluding carboxylic acids is 1. The van der Waals surface area contributed by atoms with Gasteiger partial charge in [-0.15, -0.1) is 0 Å². The number of carbonyl (C=O) groups is 1. The second kappa shape index (κ2) is 8.49. The zero-order chi connectivity index (χ0) is 21.0. The molecule has 0 aromatic heterocycles. The Morgan fingerprint density at radius 1 is 0.828 bits per heavy atom. The third-order valence-corrected chi connectivity index (χ3v) is 6.00. The van der Waals surface area contributed by atoms with Gasteiger partial charge in [-0.2, -0.15) is 0 Å². The van der Waals surface area contributed by atoms with E-state index in [2.05, 4.69) is 10.0 Å². The van der Waals surface area contributed by atoms with Crippen LogP contribution in [0.4, 0.5) is 11.4 Å². The summed E-state index contributed by atoms with van der Waals surface area (Å²) >= 11 is 0. The van der Waals surface area contributed by atoms with Gasteiger partial charge in [0.25, 0.3) is 10.0 Å². The van der Waals surface area contributed by atoms with Crippen molar-refractivity contribution in [2.24, 2.45) is 0 Å². The Morgan fingerprint density at radius 3 is 2.21 bits per heavy atom. The summed E-state index contributed by atoms with van der Waals surface area (Å²) in [7, 11) is -3.78. The van der Waals surface area contributed by atoms with Crippen molar-refractivity contribution in [1.82, 2.24) is 0 Å². The Labute approximate surface area is 171 Å². The summed E-state index contributed by atoms with van der Waals surface area (Å²) < 4.78 is 28.4. The van der Waals surface area contributed by atoms with Crippen molar-refractivity contribution in [3.05, 3.63) is 89.0 Å². The molecule has 0 atom stereocenters. The fourth-order valence-corrected chi connectivity index (χ4v) is 4.42. The van der Waals surface area contributed by atoms with Gasteiger partial charge in [0.15, 0.2) is 0 Å². The first-order chi connectivity index (χ1) is 13.7. The lowest BCUT2D eigenvalue weighted by atomic mass is 10.1. The minimum absolute atomic E-state index is 0.132. The number of anilines is 2. The van der Waals surface area contributed by atoms with Crippen LogP contribution in [0, 0.1) is 20.8 Å². The third kappa shape index (κ3) is 5.45. The number of nitrogens with one attached hydrogen (secondary N) is 2. The molecule has 0 fully saturated rings. The van der Waals surface area contributed by atoms with Gasteiger partial charge < -0.3 is 5.32 Å². The monoisotopic (exact) mass is 408 g/mol. The van der Waals surface area contributed by atoms with E-state index in [4.69, 9.17) is 0 Å². The molecule has 0 aliphatic carbocycles. The Balaban J connectivity index is 1.79. The van der Waals surface area contributed by atoms with E-state index in [-0.39, 0.29) is 17.2 Å². The van der Waals surface area contributed by atoms with Crippen LogP contribution in [0.25, 0.3) is 0 Å². The first-order valence-corrected chi connectivity index (χ1v) is 10.8. The van der Waals surface area contributed by atoms with Crippen LogP contribution in [0.15, 0.2) is 71.6 Å². The highest BCUT2D eigenvalue weighted by atomic mass is 32.2. The van der Waals surface area contributed by atoms with Gasteiger partial charge in [0.05, 0.1) is 11.3 Å². The first kappa shape index (κ1) is 20.6. The quantitative estimate of drug-likeness (QED) is 0.626. The number of benzene rings is 3. The predicted molar refractivity (Wildman–Crippen MR) is 117 cm³/mol. The zero-order valence-electron chi connectivity index (χ0n) is 16.7. The molecule has 0 aliphatic rings. The second-order valence-corrected chi connectivity index (χ2v) is 8.82. The molecule has 3 aromatic carbocycles. The summed E-state index contributed by atoms with van der Waals surface area (Å²) in [5, 5.41) is 2.79. The summed E-state index contributed by atoms with van der Waals surface area (Å²) in [6.45, 7) is 5.59. The first-order valence-electron chi connectivity index (χ1n) is 9.28. The average molecular weight is 409 g/mol. The topological polar surface area (TPSA) is 75.3 Å². The molecule has 0 unspecified atom stereocenters. The largest absolute Gasteiger partial charge is 0.326 e. The van der Waals surface area contributed by atoms with Crippen LogP contribution in [-0.2, 0) is 21.2 Å². The van der Waals surface area contributed by atoms with Gasteiger partial charge in [-0.05, 0) is 61.7 Å². The molecule has 2 N–H and O–H groups in total. The number of aryl methyl sites for hydroxylation is 3. The summed E-state index contributed by atoms with van der Waals surface area (Å²) in [6.07, 6.45) is 0.221. The van der Waals surface area contributed by atoms with E-state index in [1.165, 1.54) is 6.07 Å². The van der Waals surface area contributed by atoms with Gasteiger partial charge in [-0.25, -0.2) is 8.42 Å². The van der Waals surface area contributed by atoms with Crippen molar-refractivity contribution in [3.63, 3.8) is 0 Å². The highest BCUT2D eigenvalue weighted by Crippen LogP contribution is 2.23. The van der Waals surface area contributed by atoms with E-state index in [0.29, 0.717) is 16.9 Å². The summed E-state index contributed by atoms with van der Waals surface area (Å²) in [6, 6.07) is 19.8. The number of hydrogen-bond acceptors (Lipinski definition) is 3. The molecule has 3 aromatic rings. The fraction of sp³-hybridized carbons (Fsp3) is 0.174. The highest BCUT2D eigenvalue weighted by Gasteiger charge is 2.18. The molecular formula is C23H24N2O3S. The van der Waals surface area contributed by atoms with Crippen molar-refractivity contribution >= 4 is 27.3 Å². The van der Waals surface area contributed by atoms with E-state index in [9.17, 15) is 13.2 Å². The minimum Gasteiger partial charge on any atom is -0.326 e. The SMILES string of the molecule is Cc1cccc(CC(=O)Nc2ccc(C)c(S(=O)(=O)Nc3cccc(C)c3)c2)c1. The molecule has 150 valence electrons. The molecule has 0 bridgehead atoms. The van der Waals surface area contributed by atoms with Gasteiger partial charge in [0.1, 0.15) is 0 Å². The molecule has 0 saturated heterocycles. The maximum Gasteiger partial charge on any atom is 0.262 e. The van der Waals surface area contributed by atoms with Gasteiger partial charge in [0.2, 0.25) is 5.91 Å². The maximum absolute atomic E-state index is 12.9. The van der Waals surface area contributed by atoms with Gasteiger partial charge in [-0.3, -0.25) is 9.52 Å². The van der Waals surface area contributed by atoms with E-state index >= 15 is 0 Å². The highest BCUT2D eigenvalue weighted by molar-refractivity contribution is 7.92. The van der Waals surface area contributed by atoms with Gasteiger partial charge >= 0.3 is 0 Å². The van der Waals surface area contributed by atoms with Crippen molar-refractivity contribution in [2.45, 2.75) is 32.1 Å². The van der Waals surface area contributed by atoms with Gasteiger partial charge in [0, 0.05) is 11.4 Å². The number of sulfonamides is 1. The van der Waals surface area contributed by atoms with Crippen LogP contribution < -0.4 is 10.0 Å². The summed E-state index contributed by atoms with van der Waals surface area (Å²) in [5.74, 6) is -0.200. The predicted octanol–water partition coefficient (Wildman–Crippen LogP) is 4.59. The Hall–Kier alpha value is -3.12. The molecule has 0 heterocycles. The van der Waals surface area contributed by atoms with Crippen LogP contribution in [0.2, 0.25) is 0 Å². The van der Waals surface area contributed by atoms with E-state index in [1.807, 2.05) is 44.2 Å². The van der Waals surface area contributed by atoms with Crippen LogP contribution >= 0.6 is 0 Å². The lowest BCUT2D eigenvalue weighted by Gasteiger charge is -2.13. The molecule has 0 spiro atoms. The van der Waals surface area contributed by atoms with E-state index < -0.39 is 10.0 Å². The third-order valence-electron chi connectivity index (χ3n) is 4.48. The van der Waals surface area contributed by atoms with Crippen molar-refractivity contribution in [2.75, 3.05) is 10.0 Å². The minimum atomic E-state index is -3.78. The number of amides is 1. The molecule has 0 aliphatic heterocycles. The van der Waals surface area contributed by atoms with Crippen LogP contribution in [0.1, 0.15) is 22.3 Å². The molecule has 6 heteroatoms. The summed E-state index contributed by atoms with van der Waals surface area (Å²) in [5.41, 5.74) is 4.49. The maximum atomic E-state index is 12.9. The lowest BCUT2D eigenvalue weighted by molar-refractivity contribution is -0.115. The lowest BCUT2D eigenvalue weighted by Crippen LogP contribution is -2.17. The van der Waals surface area contributed by atoms with Gasteiger partial charge in [-0.1, -0.05) is 48.0 Å². The smallest absolute Gasteiger partial charge is 0.262 e. The fourth-order valence-electron chi connectivity index (χ4n) is 3.10. The van der Waals surface area contributed by atoms with Crippen molar-refractivity contribution < 1.29 is 13.2 Å². The van der Waals surface area contributed by atoms with Crippen molar-refractivity contribution in [1.29, 1.82) is 0 Å². The Morgan fingerprint density at radius 2 is 1.52 bits per heavy atom. The molecule has 0 saturated carbocycles.